The molecule has 0 bridgehead atoms. The molecule has 2 heterocycles. The molecule has 1 aliphatic rings. The van der Waals surface area contributed by atoms with Crippen molar-refractivity contribution in [3.05, 3.63) is 64.1 Å². The van der Waals surface area contributed by atoms with Crippen LogP contribution in [-0.4, -0.2) is 54.8 Å². The summed E-state index contributed by atoms with van der Waals surface area (Å²) in [6, 6.07) is 11.2. The molecule has 1 aromatic heterocycles. The van der Waals surface area contributed by atoms with Gasteiger partial charge < -0.3 is 24.5 Å². The van der Waals surface area contributed by atoms with Gasteiger partial charge in [-0.2, -0.15) is 0 Å². The zero-order valence-electron chi connectivity index (χ0n) is 17.9. The van der Waals surface area contributed by atoms with Crippen LogP contribution >= 0.6 is 23.2 Å². The maximum Gasteiger partial charge on any atom is 0.287 e. The van der Waals surface area contributed by atoms with Crippen LogP contribution in [0.4, 0.5) is 4.39 Å². The fourth-order valence-electron chi connectivity index (χ4n) is 3.92. The second-order valence-electron chi connectivity index (χ2n) is 8.29. The fraction of sp³-hybridized carbons (Fsp3) is 0.375. The lowest BCUT2D eigenvalue weighted by molar-refractivity contribution is 0.0546. The van der Waals surface area contributed by atoms with E-state index in [4.69, 9.17) is 32.4 Å². The van der Waals surface area contributed by atoms with Gasteiger partial charge in [0.15, 0.2) is 5.76 Å². The van der Waals surface area contributed by atoms with Gasteiger partial charge in [-0.3, -0.25) is 4.79 Å². The van der Waals surface area contributed by atoms with E-state index in [2.05, 4.69) is 10.2 Å². The van der Waals surface area contributed by atoms with Crippen molar-refractivity contribution in [3.8, 4) is 5.75 Å². The Morgan fingerprint density at radius 1 is 1.21 bits per heavy atom. The van der Waals surface area contributed by atoms with Crippen LogP contribution in [0.15, 0.2) is 46.9 Å². The molecule has 6 nitrogen and oxygen atoms in total. The van der Waals surface area contributed by atoms with E-state index in [0.717, 1.165) is 31.3 Å². The Morgan fingerprint density at radius 2 is 2.00 bits per heavy atom. The highest BCUT2D eigenvalue weighted by molar-refractivity contribution is 6.31. The number of fused-ring (bicyclic) bond motifs is 1. The Bertz CT molecular complexity index is 1120. The summed E-state index contributed by atoms with van der Waals surface area (Å²) in [5.74, 6) is 0.166. The van der Waals surface area contributed by atoms with Crippen LogP contribution in [0.1, 0.15) is 23.4 Å². The predicted octanol–water partition coefficient (Wildman–Crippen LogP) is 4.76. The van der Waals surface area contributed by atoms with E-state index in [1.807, 2.05) is 6.07 Å². The number of amides is 1. The third kappa shape index (κ3) is 6.38. The number of benzene rings is 2. The molecular formula is C24H25Cl2FN2O4. The molecule has 1 fully saturated rings. The first-order valence-corrected chi connectivity index (χ1v) is 11.6. The van der Waals surface area contributed by atoms with E-state index in [-0.39, 0.29) is 23.3 Å². The zero-order valence-corrected chi connectivity index (χ0v) is 19.4. The number of likely N-dealkylation sites (tertiary alicyclic amines) is 1. The molecular weight excluding hydrogens is 470 g/mol. The number of halogens is 3. The van der Waals surface area contributed by atoms with E-state index in [9.17, 15) is 14.3 Å². The number of piperidine rings is 1. The van der Waals surface area contributed by atoms with Crippen molar-refractivity contribution in [3.63, 3.8) is 0 Å². The van der Waals surface area contributed by atoms with Crippen LogP contribution in [-0.2, 0) is 0 Å². The summed E-state index contributed by atoms with van der Waals surface area (Å²) in [5.41, 5.74) is 0.588. The van der Waals surface area contributed by atoms with Crippen LogP contribution in [0, 0.1) is 11.7 Å². The standard InChI is InChI=1S/C24H25Cl2FN2O4/c25-17-2-1-16-9-23(33-22(16)10-17)24(31)28-12-15-5-7-29(8-6-15)13-18(30)14-32-19-3-4-20(26)21(27)11-19/h1-4,9-11,15,18,30H,5-8,12-14H2,(H,28,31). The number of furan rings is 1. The van der Waals surface area contributed by atoms with E-state index in [1.54, 1.807) is 24.3 Å². The monoisotopic (exact) mass is 494 g/mol. The number of β-amino-alcohol motifs (C(OH)–C–C–N with tert-alkyl or cyclic N) is 1. The van der Waals surface area contributed by atoms with E-state index < -0.39 is 11.9 Å². The molecule has 0 saturated carbocycles. The number of nitrogens with one attached hydrogen (secondary N) is 1. The van der Waals surface area contributed by atoms with E-state index in [1.165, 1.54) is 12.1 Å². The molecule has 4 rings (SSSR count). The lowest BCUT2D eigenvalue weighted by Gasteiger charge is -2.33. The number of ether oxygens (including phenoxy) is 1. The van der Waals surface area contributed by atoms with Gasteiger partial charge in [0.05, 0.1) is 5.02 Å². The van der Waals surface area contributed by atoms with Crippen molar-refractivity contribution in [2.75, 3.05) is 32.8 Å². The predicted molar refractivity (Wildman–Crippen MR) is 126 cm³/mol. The molecule has 2 N–H and O–H groups in total. The summed E-state index contributed by atoms with van der Waals surface area (Å²) in [7, 11) is 0. The Labute approximate surface area is 201 Å². The average molecular weight is 495 g/mol. The van der Waals surface area contributed by atoms with Gasteiger partial charge in [-0.1, -0.05) is 23.2 Å². The Kier molecular flexibility index (Phi) is 7.75. The number of carbonyl (C=O) groups is 1. The number of hydrogen-bond acceptors (Lipinski definition) is 5. The minimum absolute atomic E-state index is 0.0319. The SMILES string of the molecule is O=C(NCC1CCN(CC(O)COc2ccc(Cl)c(F)c2)CC1)c1cc2ccc(Cl)cc2o1. The topological polar surface area (TPSA) is 74.9 Å². The molecule has 1 saturated heterocycles. The summed E-state index contributed by atoms with van der Waals surface area (Å²) >= 11 is 11.6. The molecule has 176 valence electrons. The number of aliphatic hydroxyl groups excluding tert-OH is 1. The molecule has 0 aliphatic carbocycles. The first-order chi connectivity index (χ1) is 15.9. The zero-order chi connectivity index (χ0) is 23.4. The third-order valence-electron chi connectivity index (χ3n) is 5.77. The molecule has 1 atom stereocenters. The van der Waals surface area contributed by atoms with Crippen LogP contribution in [0.3, 0.4) is 0 Å². The minimum atomic E-state index is -0.693. The second-order valence-corrected chi connectivity index (χ2v) is 9.13. The van der Waals surface area contributed by atoms with Gasteiger partial charge in [0.1, 0.15) is 29.9 Å². The number of carbonyl (C=O) groups excluding carboxylic acids is 1. The van der Waals surface area contributed by atoms with Gasteiger partial charge in [0.2, 0.25) is 0 Å². The molecule has 33 heavy (non-hydrogen) atoms. The van der Waals surface area contributed by atoms with E-state index >= 15 is 0 Å². The van der Waals surface area contributed by atoms with Crippen molar-refractivity contribution >= 4 is 40.1 Å². The molecule has 0 spiro atoms. The van der Waals surface area contributed by atoms with Crippen LogP contribution < -0.4 is 10.1 Å². The van der Waals surface area contributed by atoms with Crippen LogP contribution in [0.25, 0.3) is 11.0 Å². The third-order valence-corrected chi connectivity index (χ3v) is 6.31. The van der Waals surface area contributed by atoms with Crippen molar-refractivity contribution in [2.24, 2.45) is 5.92 Å². The Morgan fingerprint density at radius 3 is 2.76 bits per heavy atom. The average Bonchev–Trinajstić information content (AvgIpc) is 3.22. The van der Waals surface area contributed by atoms with Gasteiger partial charge in [-0.15, -0.1) is 0 Å². The molecule has 1 amide bonds. The van der Waals surface area contributed by atoms with Gasteiger partial charge in [0, 0.05) is 35.6 Å². The number of nitrogens with zero attached hydrogens (tertiary/aromatic N) is 1. The maximum atomic E-state index is 13.5. The van der Waals surface area contributed by atoms with Crippen LogP contribution in [0.5, 0.6) is 5.75 Å². The maximum absolute atomic E-state index is 13.5. The molecule has 3 aromatic rings. The Hall–Kier alpha value is -2.32. The summed E-state index contributed by atoms with van der Waals surface area (Å²) in [4.78, 5) is 14.6. The van der Waals surface area contributed by atoms with Gasteiger partial charge in [-0.25, -0.2) is 4.39 Å². The smallest absolute Gasteiger partial charge is 0.287 e. The molecule has 1 aliphatic heterocycles. The first kappa shape index (κ1) is 23.8. The van der Waals surface area contributed by atoms with Gasteiger partial charge >= 0.3 is 0 Å². The first-order valence-electron chi connectivity index (χ1n) is 10.8. The largest absolute Gasteiger partial charge is 0.491 e. The molecule has 2 aromatic carbocycles. The highest BCUT2D eigenvalue weighted by atomic mass is 35.5. The molecule has 1 unspecified atom stereocenters. The van der Waals surface area contributed by atoms with Crippen molar-refractivity contribution in [1.82, 2.24) is 10.2 Å². The number of aliphatic hydroxyl groups is 1. The van der Waals surface area contributed by atoms with Gasteiger partial charge in [-0.05, 0) is 62.2 Å². The molecule has 0 radical (unpaired) electrons. The minimum Gasteiger partial charge on any atom is -0.491 e. The highest BCUT2D eigenvalue weighted by Crippen LogP contribution is 2.24. The summed E-state index contributed by atoms with van der Waals surface area (Å²) in [6.45, 7) is 2.74. The van der Waals surface area contributed by atoms with Crippen molar-refractivity contribution in [2.45, 2.75) is 18.9 Å². The van der Waals surface area contributed by atoms with Crippen LogP contribution in [0.2, 0.25) is 10.0 Å². The molecule has 9 heteroatoms. The summed E-state index contributed by atoms with van der Waals surface area (Å²) < 4.78 is 24.5. The fourth-order valence-corrected chi connectivity index (χ4v) is 4.20. The Balaban J connectivity index is 1.17. The summed E-state index contributed by atoms with van der Waals surface area (Å²) in [5, 5.41) is 14.7. The van der Waals surface area contributed by atoms with Crippen molar-refractivity contribution < 1.29 is 23.4 Å². The number of hydrogen-bond donors (Lipinski definition) is 2. The second kappa shape index (κ2) is 10.7. The lowest BCUT2D eigenvalue weighted by Crippen LogP contribution is -2.42. The van der Waals surface area contributed by atoms with E-state index in [0.29, 0.717) is 35.4 Å². The highest BCUT2D eigenvalue weighted by Gasteiger charge is 2.22. The van der Waals surface area contributed by atoms with Gasteiger partial charge in [0.25, 0.3) is 5.91 Å². The number of rotatable bonds is 8. The summed E-state index contributed by atoms with van der Waals surface area (Å²) in [6.07, 6.45) is 1.12. The quantitative estimate of drug-likeness (QED) is 0.472. The lowest BCUT2D eigenvalue weighted by atomic mass is 9.96. The normalized spacial score (nSPS) is 16.1. The van der Waals surface area contributed by atoms with Crippen molar-refractivity contribution in [1.29, 1.82) is 0 Å².